The second-order valence-electron chi connectivity index (χ2n) is 2.99. The molecule has 0 aliphatic rings. The number of benzene rings is 1. The molecule has 0 N–H and O–H groups in total. The van der Waals surface area contributed by atoms with Gasteiger partial charge < -0.3 is 9.47 Å². The molecule has 0 aliphatic carbocycles. The SMILES string of the molecule is CCCOc1ccc(C(=O)OC)cc1Br. The minimum atomic E-state index is -0.349. The van der Waals surface area contributed by atoms with Crippen molar-refractivity contribution in [3.8, 4) is 5.75 Å². The molecule has 15 heavy (non-hydrogen) atoms. The Morgan fingerprint density at radius 2 is 2.20 bits per heavy atom. The quantitative estimate of drug-likeness (QED) is 0.791. The van der Waals surface area contributed by atoms with E-state index in [4.69, 9.17) is 4.74 Å². The molecule has 1 aromatic rings. The molecule has 0 bridgehead atoms. The van der Waals surface area contributed by atoms with Gasteiger partial charge in [-0.15, -0.1) is 0 Å². The molecule has 1 rings (SSSR count). The molecule has 0 heterocycles. The van der Waals surface area contributed by atoms with Crippen molar-refractivity contribution in [2.75, 3.05) is 13.7 Å². The van der Waals surface area contributed by atoms with Crippen LogP contribution in [0, 0.1) is 0 Å². The average Bonchev–Trinajstić information content (AvgIpc) is 2.26. The maximum atomic E-state index is 11.2. The second-order valence-corrected chi connectivity index (χ2v) is 3.84. The van der Waals surface area contributed by atoms with E-state index in [0.29, 0.717) is 12.2 Å². The van der Waals surface area contributed by atoms with Crippen LogP contribution in [-0.2, 0) is 4.74 Å². The lowest BCUT2D eigenvalue weighted by Crippen LogP contribution is -2.02. The molecule has 0 aliphatic heterocycles. The summed E-state index contributed by atoms with van der Waals surface area (Å²) in [5.41, 5.74) is 0.508. The van der Waals surface area contributed by atoms with E-state index in [9.17, 15) is 4.79 Å². The van der Waals surface area contributed by atoms with Crippen LogP contribution in [0.25, 0.3) is 0 Å². The minimum absolute atomic E-state index is 0.349. The number of carbonyl (C=O) groups excluding carboxylic acids is 1. The Balaban J connectivity index is 2.83. The molecular formula is C11H13BrO3. The fourth-order valence-corrected chi connectivity index (χ4v) is 1.57. The Kier molecular flexibility index (Phi) is 4.62. The van der Waals surface area contributed by atoms with E-state index in [1.54, 1.807) is 18.2 Å². The van der Waals surface area contributed by atoms with Crippen molar-refractivity contribution < 1.29 is 14.3 Å². The van der Waals surface area contributed by atoms with Crippen molar-refractivity contribution >= 4 is 21.9 Å². The monoisotopic (exact) mass is 272 g/mol. The van der Waals surface area contributed by atoms with Gasteiger partial charge in [-0.3, -0.25) is 0 Å². The lowest BCUT2D eigenvalue weighted by Gasteiger charge is -2.07. The van der Waals surface area contributed by atoms with Crippen LogP contribution >= 0.6 is 15.9 Å². The number of carbonyl (C=O) groups is 1. The Labute approximate surface area is 97.5 Å². The van der Waals surface area contributed by atoms with Crippen molar-refractivity contribution in [1.82, 2.24) is 0 Å². The van der Waals surface area contributed by atoms with Gasteiger partial charge >= 0.3 is 5.97 Å². The van der Waals surface area contributed by atoms with Crippen molar-refractivity contribution in [3.63, 3.8) is 0 Å². The number of halogens is 1. The van der Waals surface area contributed by atoms with E-state index in [2.05, 4.69) is 20.7 Å². The molecule has 0 saturated carbocycles. The Hall–Kier alpha value is -1.03. The zero-order valence-electron chi connectivity index (χ0n) is 8.75. The molecule has 4 heteroatoms. The van der Waals surface area contributed by atoms with Gasteiger partial charge in [0.25, 0.3) is 0 Å². The third-order valence-electron chi connectivity index (χ3n) is 1.81. The Morgan fingerprint density at radius 3 is 2.73 bits per heavy atom. The molecule has 0 spiro atoms. The zero-order chi connectivity index (χ0) is 11.3. The maximum absolute atomic E-state index is 11.2. The molecule has 3 nitrogen and oxygen atoms in total. The Morgan fingerprint density at radius 1 is 1.47 bits per heavy atom. The number of esters is 1. The van der Waals surface area contributed by atoms with E-state index < -0.39 is 0 Å². The number of hydrogen-bond donors (Lipinski definition) is 0. The van der Waals surface area contributed by atoms with E-state index in [1.165, 1.54) is 7.11 Å². The van der Waals surface area contributed by atoms with Gasteiger partial charge in [0.1, 0.15) is 5.75 Å². The highest BCUT2D eigenvalue weighted by Crippen LogP contribution is 2.26. The maximum Gasteiger partial charge on any atom is 0.337 e. The first-order valence-corrected chi connectivity index (χ1v) is 5.49. The highest BCUT2D eigenvalue weighted by atomic mass is 79.9. The van der Waals surface area contributed by atoms with E-state index >= 15 is 0 Å². The summed E-state index contributed by atoms with van der Waals surface area (Å²) in [4.78, 5) is 11.2. The predicted molar refractivity (Wildman–Crippen MR) is 61.3 cm³/mol. The first-order valence-electron chi connectivity index (χ1n) is 4.69. The molecule has 0 fully saturated rings. The number of ether oxygens (including phenoxy) is 2. The van der Waals surface area contributed by atoms with E-state index in [1.807, 2.05) is 6.92 Å². The smallest absolute Gasteiger partial charge is 0.337 e. The summed E-state index contributed by atoms with van der Waals surface area (Å²) in [7, 11) is 1.36. The molecule has 0 unspecified atom stereocenters. The summed E-state index contributed by atoms with van der Waals surface area (Å²) in [5, 5.41) is 0. The highest BCUT2D eigenvalue weighted by molar-refractivity contribution is 9.10. The van der Waals surface area contributed by atoms with Crippen LogP contribution in [0.4, 0.5) is 0 Å². The largest absolute Gasteiger partial charge is 0.492 e. The topological polar surface area (TPSA) is 35.5 Å². The molecule has 1 aromatic carbocycles. The van der Waals surface area contributed by atoms with Gasteiger partial charge in [0.05, 0.1) is 23.8 Å². The third-order valence-corrected chi connectivity index (χ3v) is 2.43. The van der Waals surface area contributed by atoms with Crippen LogP contribution in [0.1, 0.15) is 23.7 Å². The van der Waals surface area contributed by atoms with Crippen LogP contribution < -0.4 is 4.74 Å². The molecule has 0 saturated heterocycles. The normalized spacial score (nSPS) is 9.80. The predicted octanol–water partition coefficient (Wildman–Crippen LogP) is 3.02. The molecule has 0 aromatic heterocycles. The second kappa shape index (κ2) is 5.75. The van der Waals surface area contributed by atoms with E-state index in [0.717, 1.165) is 16.6 Å². The van der Waals surface area contributed by atoms with Gasteiger partial charge in [-0.2, -0.15) is 0 Å². The summed E-state index contributed by atoms with van der Waals surface area (Å²) in [6.45, 7) is 2.70. The van der Waals surface area contributed by atoms with Crippen LogP contribution in [0.15, 0.2) is 22.7 Å². The molecule has 0 radical (unpaired) electrons. The zero-order valence-corrected chi connectivity index (χ0v) is 10.3. The Bertz CT molecular complexity index is 350. The van der Waals surface area contributed by atoms with Gasteiger partial charge in [-0.05, 0) is 40.5 Å². The van der Waals surface area contributed by atoms with Crippen molar-refractivity contribution in [1.29, 1.82) is 0 Å². The van der Waals surface area contributed by atoms with Crippen LogP contribution in [-0.4, -0.2) is 19.7 Å². The average molecular weight is 273 g/mol. The van der Waals surface area contributed by atoms with Crippen molar-refractivity contribution in [2.24, 2.45) is 0 Å². The lowest BCUT2D eigenvalue weighted by molar-refractivity contribution is 0.0600. The fourth-order valence-electron chi connectivity index (χ4n) is 1.07. The summed E-state index contributed by atoms with van der Waals surface area (Å²) >= 11 is 3.34. The minimum Gasteiger partial charge on any atom is -0.492 e. The van der Waals surface area contributed by atoms with Crippen LogP contribution in [0.3, 0.4) is 0 Å². The number of methoxy groups -OCH3 is 1. The standard InChI is InChI=1S/C11H13BrO3/c1-3-6-15-10-5-4-8(7-9(10)12)11(13)14-2/h4-5,7H,3,6H2,1-2H3. The molecule has 0 amide bonds. The van der Waals surface area contributed by atoms with E-state index in [-0.39, 0.29) is 5.97 Å². The summed E-state index contributed by atoms with van der Waals surface area (Å²) in [6, 6.07) is 5.13. The van der Waals surface area contributed by atoms with Gasteiger partial charge in [0, 0.05) is 0 Å². The van der Waals surface area contributed by atoms with Crippen molar-refractivity contribution in [3.05, 3.63) is 28.2 Å². The summed E-state index contributed by atoms with van der Waals surface area (Å²) in [6.07, 6.45) is 0.950. The van der Waals surface area contributed by atoms with Gasteiger partial charge in [-0.1, -0.05) is 6.92 Å². The summed E-state index contributed by atoms with van der Waals surface area (Å²) < 4.78 is 10.8. The highest BCUT2D eigenvalue weighted by Gasteiger charge is 2.08. The molecule has 0 atom stereocenters. The van der Waals surface area contributed by atoms with Gasteiger partial charge in [0.2, 0.25) is 0 Å². The van der Waals surface area contributed by atoms with Gasteiger partial charge in [-0.25, -0.2) is 4.79 Å². The van der Waals surface area contributed by atoms with Crippen LogP contribution in [0.2, 0.25) is 0 Å². The lowest BCUT2D eigenvalue weighted by atomic mass is 10.2. The van der Waals surface area contributed by atoms with Crippen molar-refractivity contribution in [2.45, 2.75) is 13.3 Å². The number of rotatable bonds is 4. The fraction of sp³-hybridized carbons (Fsp3) is 0.364. The molecule has 82 valence electrons. The van der Waals surface area contributed by atoms with Crippen LogP contribution in [0.5, 0.6) is 5.75 Å². The summed E-state index contributed by atoms with van der Waals surface area (Å²) in [5.74, 6) is 0.391. The number of hydrogen-bond acceptors (Lipinski definition) is 3. The van der Waals surface area contributed by atoms with Gasteiger partial charge in [0.15, 0.2) is 0 Å². The first-order chi connectivity index (χ1) is 7.19. The third kappa shape index (κ3) is 3.23. The first kappa shape index (κ1) is 12.0. The molecular weight excluding hydrogens is 260 g/mol.